The zero-order valence-electron chi connectivity index (χ0n) is 10.8. The number of nitrogens with zero attached hydrogens (tertiary/aromatic N) is 1. The fourth-order valence-corrected chi connectivity index (χ4v) is 1.89. The first kappa shape index (κ1) is 14.3. The Kier molecular flexibility index (Phi) is 3.92. The first-order valence-electron chi connectivity index (χ1n) is 6.18. The van der Waals surface area contributed by atoms with Crippen molar-refractivity contribution in [2.75, 3.05) is 0 Å². The fourth-order valence-electron chi connectivity index (χ4n) is 1.89. The summed E-state index contributed by atoms with van der Waals surface area (Å²) in [5.41, 5.74) is -0.500. The van der Waals surface area contributed by atoms with E-state index in [1.807, 2.05) is 19.1 Å². The summed E-state index contributed by atoms with van der Waals surface area (Å²) in [5.74, 6) is 0. The molecule has 0 aliphatic heterocycles. The van der Waals surface area contributed by atoms with Crippen LogP contribution in [-0.2, 0) is 12.6 Å². The summed E-state index contributed by atoms with van der Waals surface area (Å²) >= 11 is 0. The van der Waals surface area contributed by atoms with Crippen molar-refractivity contribution in [2.45, 2.75) is 25.9 Å². The summed E-state index contributed by atoms with van der Waals surface area (Å²) in [4.78, 5) is 16.5. The Morgan fingerprint density at radius 3 is 2.40 bits per heavy atom. The first-order chi connectivity index (χ1) is 9.40. The van der Waals surface area contributed by atoms with Crippen LogP contribution in [0.4, 0.5) is 13.2 Å². The number of aryl methyl sites for hydroxylation is 1. The van der Waals surface area contributed by atoms with Crippen LogP contribution < -0.4 is 5.69 Å². The van der Waals surface area contributed by atoms with E-state index < -0.39 is 17.6 Å². The molecule has 0 fully saturated rings. The Morgan fingerprint density at radius 1 is 1.20 bits per heavy atom. The SMILES string of the molecule is CCCc1ccc(-c2cc(C(F)(F)F)[nH]c(=O)n2)cc1. The number of aromatic nitrogens is 2. The van der Waals surface area contributed by atoms with Crippen molar-refractivity contribution >= 4 is 0 Å². The van der Waals surface area contributed by atoms with Gasteiger partial charge in [-0.25, -0.2) is 4.79 Å². The molecular formula is C14H13F3N2O. The number of halogens is 3. The summed E-state index contributed by atoms with van der Waals surface area (Å²) in [6.45, 7) is 2.04. The molecule has 1 N–H and O–H groups in total. The van der Waals surface area contributed by atoms with Crippen LogP contribution in [-0.4, -0.2) is 9.97 Å². The normalized spacial score (nSPS) is 11.6. The summed E-state index contributed by atoms with van der Waals surface area (Å²) in [5, 5.41) is 0. The predicted molar refractivity (Wildman–Crippen MR) is 69.3 cm³/mol. The second-order valence-electron chi connectivity index (χ2n) is 4.43. The Hall–Kier alpha value is -2.11. The maximum absolute atomic E-state index is 12.6. The maximum Gasteiger partial charge on any atom is 0.431 e. The van der Waals surface area contributed by atoms with Crippen LogP contribution in [0.25, 0.3) is 11.3 Å². The molecule has 0 radical (unpaired) electrons. The Morgan fingerprint density at radius 2 is 1.85 bits per heavy atom. The van der Waals surface area contributed by atoms with E-state index in [4.69, 9.17) is 0 Å². The van der Waals surface area contributed by atoms with Crippen molar-refractivity contribution in [1.29, 1.82) is 0 Å². The minimum absolute atomic E-state index is 0.0177. The largest absolute Gasteiger partial charge is 0.431 e. The summed E-state index contributed by atoms with van der Waals surface area (Å²) in [7, 11) is 0. The summed E-state index contributed by atoms with van der Waals surface area (Å²) in [6.07, 6.45) is -2.71. The summed E-state index contributed by atoms with van der Waals surface area (Å²) < 4.78 is 37.9. The number of H-pyrrole nitrogens is 1. The molecule has 106 valence electrons. The van der Waals surface area contributed by atoms with E-state index >= 15 is 0 Å². The van der Waals surface area contributed by atoms with Gasteiger partial charge >= 0.3 is 11.9 Å². The zero-order valence-corrected chi connectivity index (χ0v) is 10.8. The van der Waals surface area contributed by atoms with Crippen LogP contribution >= 0.6 is 0 Å². The maximum atomic E-state index is 12.6. The van der Waals surface area contributed by atoms with E-state index in [0.29, 0.717) is 5.56 Å². The number of rotatable bonds is 3. The van der Waals surface area contributed by atoms with Gasteiger partial charge in [-0.3, -0.25) is 0 Å². The lowest BCUT2D eigenvalue weighted by Gasteiger charge is -2.08. The number of nitrogens with one attached hydrogen (secondary N) is 1. The van der Waals surface area contributed by atoms with Gasteiger partial charge in [0.2, 0.25) is 0 Å². The first-order valence-corrected chi connectivity index (χ1v) is 6.18. The van der Waals surface area contributed by atoms with Crippen LogP contribution in [0.3, 0.4) is 0 Å². The molecule has 0 amide bonds. The van der Waals surface area contributed by atoms with Gasteiger partial charge in [0.25, 0.3) is 0 Å². The van der Waals surface area contributed by atoms with E-state index in [1.165, 1.54) is 0 Å². The van der Waals surface area contributed by atoms with Gasteiger partial charge in [0, 0.05) is 5.56 Å². The van der Waals surface area contributed by atoms with Gasteiger partial charge in [-0.1, -0.05) is 37.6 Å². The van der Waals surface area contributed by atoms with Gasteiger partial charge < -0.3 is 4.98 Å². The highest BCUT2D eigenvalue weighted by atomic mass is 19.4. The third-order valence-electron chi connectivity index (χ3n) is 2.84. The second-order valence-corrected chi connectivity index (χ2v) is 4.43. The van der Waals surface area contributed by atoms with Gasteiger partial charge in [-0.05, 0) is 18.1 Å². The molecule has 1 heterocycles. The predicted octanol–water partition coefficient (Wildman–Crippen LogP) is 3.41. The van der Waals surface area contributed by atoms with E-state index in [9.17, 15) is 18.0 Å². The lowest BCUT2D eigenvalue weighted by Crippen LogP contribution is -2.19. The highest BCUT2D eigenvalue weighted by molar-refractivity contribution is 5.59. The van der Waals surface area contributed by atoms with Crippen molar-refractivity contribution in [2.24, 2.45) is 0 Å². The minimum atomic E-state index is -4.60. The highest BCUT2D eigenvalue weighted by Crippen LogP contribution is 2.28. The van der Waals surface area contributed by atoms with E-state index in [2.05, 4.69) is 4.98 Å². The molecule has 2 rings (SSSR count). The van der Waals surface area contributed by atoms with Crippen molar-refractivity contribution in [3.63, 3.8) is 0 Å². The number of hydrogen-bond donors (Lipinski definition) is 1. The lowest BCUT2D eigenvalue weighted by atomic mass is 10.1. The van der Waals surface area contributed by atoms with Crippen LogP contribution in [0.2, 0.25) is 0 Å². The van der Waals surface area contributed by atoms with Crippen LogP contribution in [0.5, 0.6) is 0 Å². The molecule has 0 saturated heterocycles. The van der Waals surface area contributed by atoms with Crippen LogP contribution in [0, 0.1) is 0 Å². The van der Waals surface area contributed by atoms with Crippen molar-refractivity contribution in [3.8, 4) is 11.3 Å². The molecule has 0 aliphatic carbocycles. The molecular weight excluding hydrogens is 269 g/mol. The number of benzene rings is 1. The van der Waals surface area contributed by atoms with E-state index in [1.54, 1.807) is 17.1 Å². The standard InChI is InChI=1S/C14H13F3N2O/c1-2-3-9-4-6-10(7-5-9)11-8-12(14(15,16)17)19-13(20)18-11/h4-8H,2-3H2,1H3,(H,18,19,20). The molecule has 1 aromatic carbocycles. The van der Waals surface area contributed by atoms with Crippen LogP contribution in [0.1, 0.15) is 24.6 Å². The van der Waals surface area contributed by atoms with E-state index in [0.717, 1.165) is 24.5 Å². The van der Waals surface area contributed by atoms with Crippen molar-refractivity contribution < 1.29 is 13.2 Å². The van der Waals surface area contributed by atoms with Gasteiger partial charge in [0.15, 0.2) is 0 Å². The van der Waals surface area contributed by atoms with Crippen molar-refractivity contribution in [1.82, 2.24) is 9.97 Å². The molecule has 0 saturated carbocycles. The minimum Gasteiger partial charge on any atom is -0.302 e. The average molecular weight is 282 g/mol. The second kappa shape index (κ2) is 5.48. The average Bonchev–Trinajstić information content (AvgIpc) is 2.38. The van der Waals surface area contributed by atoms with Gasteiger partial charge in [-0.15, -0.1) is 0 Å². The van der Waals surface area contributed by atoms with Gasteiger partial charge in [0.1, 0.15) is 5.69 Å². The summed E-state index contributed by atoms with van der Waals surface area (Å²) in [6, 6.07) is 7.85. The van der Waals surface area contributed by atoms with Gasteiger partial charge in [0.05, 0.1) is 5.69 Å². The third kappa shape index (κ3) is 3.26. The molecule has 20 heavy (non-hydrogen) atoms. The van der Waals surface area contributed by atoms with Crippen LogP contribution in [0.15, 0.2) is 35.1 Å². The third-order valence-corrected chi connectivity index (χ3v) is 2.84. The van der Waals surface area contributed by atoms with Crippen molar-refractivity contribution in [3.05, 3.63) is 52.1 Å². The number of alkyl halides is 3. The Balaban J connectivity index is 2.42. The monoisotopic (exact) mass is 282 g/mol. The quantitative estimate of drug-likeness (QED) is 0.937. The smallest absolute Gasteiger partial charge is 0.302 e. The number of hydrogen-bond acceptors (Lipinski definition) is 2. The molecule has 0 spiro atoms. The molecule has 3 nitrogen and oxygen atoms in total. The topological polar surface area (TPSA) is 45.8 Å². The molecule has 0 atom stereocenters. The Labute approximate surface area is 113 Å². The zero-order chi connectivity index (χ0) is 14.8. The molecule has 2 aromatic rings. The van der Waals surface area contributed by atoms with Gasteiger partial charge in [-0.2, -0.15) is 18.2 Å². The Bertz CT molecular complexity index is 645. The highest BCUT2D eigenvalue weighted by Gasteiger charge is 2.32. The van der Waals surface area contributed by atoms with E-state index in [-0.39, 0.29) is 5.69 Å². The number of aromatic amines is 1. The molecule has 0 aliphatic rings. The molecule has 0 bridgehead atoms. The fraction of sp³-hybridized carbons (Fsp3) is 0.286. The molecule has 0 unspecified atom stereocenters. The molecule has 6 heteroatoms. The molecule has 1 aromatic heterocycles. The lowest BCUT2D eigenvalue weighted by molar-refractivity contribution is -0.141.